The summed E-state index contributed by atoms with van der Waals surface area (Å²) in [6.45, 7) is 6.69. The van der Waals surface area contributed by atoms with Crippen LogP contribution in [-0.4, -0.2) is 55.8 Å². The first-order valence-electron chi connectivity index (χ1n) is 11.8. The molecule has 0 aliphatic carbocycles. The number of benzene rings is 2. The van der Waals surface area contributed by atoms with Crippen LogP contribution in [0, 0.1) is 0 Å². The Labute approximate surface area is 236 Å². The third-order valence-corrected chi connectivity index (χ3v) is 6.93. The average Bonchev–Trinajstić information content (AvgIpc) is 2.88. The molecule has 0 unspecified atom stereocenters. The third kappa shape index (κ3) is 7.73. The molecular weight excluding hydrogens is 566 g/mol. The molecule has 3 aromatic rings. The highest BCUT2D eigenvalue weighted by atomic mass is 35.5. The average molecular weight is 594 g/mol. The van der Waals surface area contributed by atoms with Crippen molar-refractivity contribution < 1.29 is 42.1 Å². The fraction of sp³-hybridized carbons (Fsp3) is 0.308. The first-order valence-corrected chi connectivity index (χ1v) is 13.6. The zero-order valence-electron chi connectivity index (χ0n) is 22.3. The smallest absolute Gasteiger partial charge is 0.374 e. The second kappa shape index (κ2) is 12.4. The number of carboxylic acid groups (broad SMARTS) is 1. The van der Waals surface area contributed by atoms with Crippen molar-refractivity contribution in [2.75, 3.05) is 25.0 Å². The zero-order chi connectivity index (χ0) is 29.7. The topological polar surface area (TPSA) is 163 Å². The first-order chi connectivity index (χ1) is 18.7. The van der Waals surface area contributed by atoms with Crippen molar-refractivity contribution in [3.8, 4) is 23.1 Å². The number of ether oxygens (including phenoxy) is 4. The summed E-state index contributed by atoms with van der Waals surface area (Å²) in [5.41, 5.74) is 0.690. The molecule has 0 atom stereocenters. The van der Waals surface area contributed by atoms with Gasteiger partial charge in [0.05, 0.1) is 17.0 Å². The van der Waals surface area contributed by atoms with E-state index in [0.29, 0.717) is 5.75 Å². The molecule has 0 aliphatic heterocycles. The molecule has 14 heteroatoms. The highest BCUT2D eigenvalue weighted by Gasteiger charge is 2.27. The molecule has 40 heavy (non-hydrogen) atoms. The van der Waals surface area contributed by atoms with Gasteiger partial charge in [-0.25, -0.2) is 13.2 Å². The fourth-order valence-electron chi connectivity index (χ4n) is 3.23. The van der Waals surface area contributed by atoms with Crippen molar-refractivity contribution in [3.05, 3.63) is 58.9 Å². The summed E-state index contributed by atoms with van der Waals surface area (Å²) >= 11 is 6.28. The number of halogens is 1. The number of methoxy groups -OCH3 is 1. The summed E-state index contributed by atoms with van der Waals surface area (Å²) in [6, 6.07) is 10.6. The summed E-state index contributed by atoms with van der Waals surface area (Å²) in [6.07, 6.45) is 0. The predicted octanol–water partition coefficient (Wildman–Crippen LogP) is 4.67. The first kappa shape index (κ1) is 30.4. The summed E-state index contributed by atoms with van der Waals surface area (Å²) in [7, 11) is -2.88. The van der Waals surface area contributed by atoms with Crippen molar-refractivity contribution in [1.29, 1.82) is 0 Å². The van der Waals surface area contributed by atoms with Crippen LogP contribution in [0.3, 0.4) is 0 Å². The number of hydrogen-bond donors (Lipinski definition) is 2. The van der Waals surface area contributed by atoms with Gasteiger partial charge in [0.2, 0.25) is 11.6 Å². The molecule has 0 saturated heterocycles. The van der Waals surface area contributed by atoms with Crippen molar-refractivity contribution in [1.82, 2.24) is 9.97 Å². The van der Waals surface area contributed by atoms with Crippen LogP contribution in [0.1, 0.15) is 43.9 Å². The van der Waals surface area contributed by atoms with Crippen LogP contribution in [0.4, 0.5) is 5.82 Å². The molecule has 0 fully saturated rings. The normalized spacial score (nSPS) is 11.4. The highest BCUT2D eigenvalue weighted by Crippen LogP contribution is 2.41. The molecule has 12 nitrogen and oxygen atoms in total. The quantitative estimate of drug-likeness (QED) is 0.234. The predicted molar refractivity (Wildman–Crippen MR) is 145 cm³/mol. The lowest BCUT2D eigenvalue weighted by molar-refractivity contribution is -0.141. The lowest BCUT2D eigenvalue weighted by Crippen LogP contribution is -2.19. The molecule has 1 aromatic heterocycles. The van der Waals surface area contributed by atoms with Gasteiger partial charge in [0.1, 0.15) is 24.7 Å². The van der Waals surface area contributed by atoms with E-state index < -0.39 is 45.2 Å². The minimum atomic E-state index is -4.30. The Bertz CT molecular complexity index is 1510. The molecule has 0 aliphatic rings. The highest BCUT2D eigenvalue weighted by molar-refractivity contribution is 7.92. The van der Waals surface area contributed by atoms with E-state index >= 15 is 0 Å². The number of nitrogens with zero attached hydrogens (tertiary/aromatic N) is 2. The van der Waals surface area contributed by atoms with E-state index in [-0.39, 0.29) is 34.3 Å². The number of carbonyl (C=O) groups is 2. The van der Waals surface area contributed by atoms with Crippen LogP contribution < -0.4 is 18.9 Å². The van der Waals surface area contributed by atoms with E-state index in [2.05, 4.69) is 14.7 Å². The van der Waals surface area contributed by atoms with Gasteiger partial charge in [-0.3, -0.25) is 9.52 Å². The van der Waals surface area contributed by atoms with Gasteiger partial charge in [-0.2, -0.15) is 9.97 Å². The molecule has 0 bridgehead atoms. The molecule has 0 saturated carbocycles. The molecule has 2 aromatic carbocycles. The Balaban J connectivity index is 2.11. The molecule has 0 radical (unpaired) electrons. The number of hydrogen-bond acceptors (Lipinski definition) is 10. The van der Waals surface area contributed by atoms with E-state index in [9.17, 15) is 23.1 Å². The molecule has 214 valence electrons. The SMILES string of the molecule is COc1ccc(Cl)c(Oc2c(NS(=O)(=O)c3ccc(C(C)(C)C)cc3)nc(C(=O)O)nc2OCCOC(C)=O)c1. The van der Waals surface area contributed by atoms with Gasteiger partial charge in [0, 0.05) is 13.0 Å². The van der Waals surface area contributed by atoms with Crippen molar-refractivity contribution in [2.24, 2.45) is 0 Å². The van der Waals surface area contributed by atoms with Crippen LogP contribution in [0.5, 0.6) is 23.1 Å². The van der Waals surface area contributed by atoms with E-state index in [1.165, 1.54) is 38.3 Å². The summed E-state index contributed by atoms with van der Waals surface area (Å²) in [5.74, 6) is -3.92. The Kier molecular flexibility index (Phi) is 9.43. The lowest BCUT2D eigenvalue weighted by atomic mass is 9.87. The van der Waals surface area contributed by atoms with E-state index in [1.807, 2.05) is 20.8 Å². The largest absolute Gasteiger partial charge is 0.497 e. The minimum absolute atomic E-state index is 0.00695. The van der Waals surface area contributed by atoms with Gasteiger partial charge in [0.15, 0.2) is 5.82 Å². The lowest BCUT2D eigenvalue weighted by Gasteiger charge is -2.19. The van der Waals surface area contributed by atoms with Gasteiger partial charge in [-0.05, 0) is 35.2 Å². The van der Waals surface area contributed by atoms with Crippen LogP contribution in [0.2, 0.25) is 5.02 Å². The number of nitrogens with one attached hydrogen (secondary N) is 1. The van der Waals surface area contributed by atoms with Gasteiger partial charge in [0.25, 0.3) is 15.9 Å². The second-order valence-electron chi connectivity index (χ2n) is 9.30. The molecule has 0 amide bonds. The van der Waals surface area contributed by atoms with Gasteiger partial charge in [-0.1, -0.05) is 44.5 Å². The Morgan fingerprint density at radius 1 is 1.05 bits per heavy atom. The van der Waals surface area contributed by atoms with Crippen LogP contribution >= 0.6 is 11.6 Å². The maximum Gasteiger partial charge on any atom is 0.374 e. The number of esters is 1. The third-order valence-electron chi connectivity index (χ3n) is 5.27. The van der Waals surface area contributed by atoms with E-state index in [4.69, 9.17) is 30.5 Å². The molecular formula is C26H28ClN3O9S. The Hall–Kier alpha value is -4.10. The number of carboxylic acids is 1. The van der Waals surface area contributed by atoms with E-state index in [1.54, 1.807) is 18.2 Å². The monoisotopic (exact) mass is 593 g/mol. The maximum absolute atomic E-state index is 13.3. The summed E-state index contributed by atoms with van der Waals surface area (Å²) in [5, 5.41) is 9.70. The Morgan fingerprint density at radius 3 is 2.30 bits per heavy atom. The van der Waals surface area contributed by atoms with Crippen molar-refractivity contribution >= 4 is 39.4 Å². The molecule has 2 N–H and O–H groups in total. The van der Waals surface area contributed by atoms with Gasteiger partial charge in [-0.15, -0.1) is 0 Å². The number of aromatic nitrogens is 2. The Morgan fingerprint density at radius 2 is 1.73 bits per heavy atom. The molecule has 3 rings (SSSR count). The zero-order valence-corrected chi connectivity index (χ0v) is 23.9. The fourth-order valence-corrected chi connectivity index (χ4v) is 4.39. The van der Waals surface area contributed by atoms with E-state index in [0.717, 1.165) is 5.56 Å². The second-order valence-corrected chi connectivity index (χ2v) is 11.4. The van der Waals surface area contributed by atoms with Crippen LogP contribution in [0.25, 0.3) is 0 Å². The minimum Gasteiger partial charge on any atom is -0.497 e. The van der Waals surface area contributed by atoms with Gasteiger partial charge < -0.3 is 24.1 Å². The summed E-state index contributed by atoms with van der Waals surface area (Å²) < 4.78 is 50.4. The number of carbonyl (C=O) groups excluding carboxylic acids is 1. The molecule has 1 heterocycles. The molecule has 0 spiro atoms. The maximum atomic E-state index is 13.3. The number of sulfonamides is 1. The number of anilines is 1. The van der Waals surface area contributed by atoms with Crippen LogP contribution in [0.15, 0.2) is 47.4 Å². The van der Waals surface area contributed by atoms with Gasteiger partial charge >= 0.3 is 11.9 Å². The van der Waals surface area contributed by atoms with Crippen molar-refractivity contribution in [2.45, 2.75) is 38.0 Å². The van der Waals surface area contributed by atoms with Crippen LogP contribution in [-0.2, 0) is 25.0 Å². The van der Waals surface area contributed by atoms with Crippen molar-refractivity contribution in [3.63, 3.8) is 0 Å². The summed E-state index contributed by atoms with van der Waals surface area (Å²) in [4.78, 5) is 30.5. The standard InChI is InChI=1S/C26H28ClN3O9S/c1-15(31)37-12-13-38-24-21(39-20-14-17(36-5)8-11-19(20)27)22(28-23(29-24)25(32)33)30-40(34,35)18-9-6-16(7-10-18)26(2,3)4/h6-11,14H,12-13H2,1-5H3,(H,32,33)(H,28,29,30). The number of rotatable bonds is 11. The number of aromatic carboxylic acids is 1.